The molecule has 5 heteroatoms. The molecule has 1 N–H and O–H groups in total. The van der Waals surface area contributed by atoms with Crippen molar-refractivity contribution in [2.45, 2.75) is 45.6 Å². The van der Waals surface area contributed by atoms with E-state index >= 15 is 0 Å². The van der Waals surface area contributed by atoms with E-state index in [1.165, 1.54) is 18.4 Å². The Kier molecular flexibility index (Phi) is 6.89. The number of likely N-dealkylation sites (tertiary alicyclic amines) is 2. The molecule has 27 heavy (non-hydrogen) atoms. The summed E-state index contributed by atoms with van der Waals surface area (Å²) >= 11 is 0. The summed E-state index contributed by atoms with van der Waals surface area (Å²) in [5, 5.41) is 3.09. The maximum atomic E-state index is 12.6. The van der Waals surface area contributed by atoms with Crippen LogP contribution in [0.15, 0.2) is 30.3 Å². The predicted octanol–water partition coefficient (Wildman–Crippen LogP) is 2.31. The van der Waals surface area contributed by atoms with Crippen LogP contribution in [0.5, 0.6) is 0 Å². The summed E-state index contributed by atoms with van der Waals surface area (Å²) in [6.07, 6.45) is 3.73. The molecule has 0 aliphatic carbocycles. The maximum Gasteiger partial charge on any atom is 0.225 e. The number of carbonyl (C=O) groups is 2. The predicted molar refractivity (Wildman–Crippen MR) is 107 cm³/mol. The van der Waals surface area contributed by atoms with Gasteiger partial charge in [0.2, 0.25) is 11.8 Å². The number of hydrogen-bond donors (Lipinski definition) is 1. The third kappa shape index (κ3) is 5.55. The van der Waals surface area contributed by atoms with Gasteiger partial charge in [-0.3, -0.25) is 14.5 Å². The van der Waals surface area contributed by atoms with E-state index in [0.29, 0.717) is 32.1 Å². The number of rotatable bonds is 7. The van der Waals surface area contributed by atoms with Crippen molar-refractivity contribution >= 4 is 11.8 Å². The third-order valence-corrected chi connectivity index (χ3v) is 5.98. The first-order chi connectivity index (χ1) is 13.0. The lowest BCUT2D eigenvalue weighted by atomic mass is 9.99. The molecule has 0 bridgehead atoms. The first kappa shape index (κ1) is 19.9. The van der Waals surface area contributed by atoms with Gasteiger partial charge in [-0.1, -0.05) is 37.3 Å². The van der Waals surface area contributed by atoms with Crippen LogP contribution in [0, 0.1) is 11.8 Å². The average molecular weight is 372 g/mol. The summed E-state index contributed by atoms with van der Waals surface area (Å²) in [5.41, 5.74) is 1.22. The number of amides is 2. The fraction of sp³-hybridized carbons (Fsp3) is 0.636. The van der Waals surface area contributed by atoms with Gasteiger partial charge in [-0.05, 0) is 44.2 Å². The Morgan fingerprint density at radius 1 is 1.26 bits per heavy atom. The quantitative estimate of drug-likeness (QED) is 0.800. The molecule has 2 fully saturated rings. The lowest BCUT2D eigenvalue weighted by Gasteiger charge is -2.35. The Hall–Kier alpha value is -1.88. The van der Waals surface area contributed by atoms with Crippen LogP contribution in [0.3, 0.4) is 0 Å². The monoisotopic (exact) mass is 371 g/mol. The van der Waals surface area contributed by atoms with Gasteiger partial charge in [0.25, 0.3) is 0 Å². The summed E-state index contributed by atoms with van der Waals surface area (Å²) < 4.78 is 0. The molecular weight excluding hydrogens is 338 g/mol. The second kappa shape index (κ2) is 9.36. The second-order valence-electron chi connectivity index (χ2n) is 8.31. The van der Waals surface area contributed by atoms with E-state index in [1.54, 1.807) is 0 Å². The van der Waals surface area contributed by atoms with Gasteiger partial charge in [0.1, 0.15) is 0 Å². The van der Waals surface area contributed by atoms with Crippen LogP contribution in [0.4, 0.5) is 0 Å². The van der Waals surface area contributed by atoms with E-state index in [9.17, 15) is 9.59 Å². The Balaban J connectivity index is 1.42. The van der Waals surface area contributed by atoms with Crippen molar-refractivity contribution < 1.29 is 9.59 Å². The molecule has 1 aromatic carbocycles. The zero-order valence-corrected chi connectivity index (χ0v) is 16.7. The third-order valence-electron chi connectivity index (χ3n) is 5.98. The van der Waals surface area contributed by atoms with E-state index in [-0.39, 0.29) is 17.7 Å². The minimum Gasteiger partial charge on any atom is -0.354 e. The number of piperidine rings is 1. The van der Waals surface area contributed by atoms with Crippen LogP contribution in [-0.2, 0) is 16.0 Å². The Labute approximate surface area is 163 Å². The van der Waals surface area contributed by atoms with Crippen LogP contribution >= 0.6 is 0 Å². The largest absolute Gasteiger partial charge is 0.354 e. The number of hydrogen-bond acceptors (Lipinski definition) is 3. The Morgan fingerprint density at radius 3 is 2.78 bits per heavy atom. The molecule has 2 aliphatic heterocycles. The Morgan fingerprint density at radius 2 is 2.04 bits per heavy atom. The fourth-order valence-electron chi connectivity index (χ4n) is 4.22. The highest BCUT2D eigenvalue weighted by molar-refractivity contribution is 5.89. The number of benzene rings is 1. The van der Waals surface area contributed by atoms with Crippen LogP contribution < -0.4 is 5.32 Å². The highest BCUT2D eigenvalue weighted by atomic mass is 16.2. The minimum atomic E-state index is -0.208. The van der Waals surface area contributed by atoms with Crippen molar-refractivity contribution in [3.63, 3.8) is 0 Å². The molecular formula is C22H33N3O2. The fourth-order valence-corrected chi connectivity index (χ4v) is 4.22. The Bertz CT molecular complexity index is 634. The molecule has 3 atom stereocenters. The van der Waals surface area contributed by atoms with Gasteiger partial charge in [-0.25, -0.2) is 0 Å². The number of nitrogens with one attached hydrogen (secondary N) is 1. The van der Waals surface area contributed by atoms with Crippen LogP contribution in [0.25, 0.3) is 0 Å². The smallest absolute Gasteiger partial charge is 0.225 e. The van der Waals surface area contributed by atoms with Crippen LogP contribution in [-0.4, -0.2) is 60.4 Å². The van der Waals surface area contributed by atoms with Crippen LogP contribution in [0.1, 0.15) is 38.7 Å². The first-order valence-corrected chi connectivity index (χ1v) is 10.4. The molecule has 148 valence electrons. The topological polar surface area (TPSA) is 52.7 Å². The van der Waals surface area contributed by atoms with Gasteiger partial charge >= 0.3 is 0 Å². The first-order valence-electron chi connectivity index (χ1n) is 10.4. The van der Waals surface area contributed by atoms with Gasteiger partial charge in [-0.15, -0.1) is 0 Å². The van der Waals surface area contributed by atoms with Gasteiger partial charge < -0.3 is 10.2 Å². The van der Waals surface area contributed by atoms with Crippen molar-refractivity contribution in [2.24, 2.45) is 11.8 Å². The second-order valence-corrected chi connectivity index (χ2v) is 8.31. The zero-order chi connectivity index (χ0) is 19.2. The molecule has 0 aromatic heterocycles. The molecule has 2 saturated heterocycles. The van der Waals surface area contributed by atoms with Gasteiger partial charge in [-0.2, -0.15) is 0 Å². The van der Waals surface area contributed by atoms with Crippen LogP contribution in [0.2, 0.25) is 0 Å². The lowest BCUT2D eigenvalue weighted by Crippen LogP contribution is -2.47. The summed E-state index contributed by atoms with van der Waals surface area (Å²) in [6, 6.07) is 10.5. The SMILES string of the molecule is CC1CCCN(C(C)CNC(=O)C2CC(=O)N(CCc3ccccc3)C2)C1. The summed E-state index contributed by atoms with van der Waals surface area (Å²) in [4.78, 5) is 29.1. The van der Waals surface area contributed by atoms with Crippen molar-refractivity contribution in [2.75, 3.05) is 32.7 Å². The molecule has 0 spiro atoms. The standard InChI is InChI=1S/C22H33N3O2/c1-17-7-6-11-24(15-17)18(2)14-23-22(27)20-13-21(26)25(16-20)12-10-19-8-4-3-5-9-19/h3-5,8-9,17-18,20H,6-7,10-16H2,1-2H3,(H,23,27). The molecule has 3 unspecified atom stereocenters. The number of carbonyl (C=O) groups excluding carboxylic acids is 2. The number of nitrogens with zero attached hydrogens (tertiary/aromatic N) is 2. The summed E-state index contributed by atoms with van der Waals surface area (Å²) in [7, 11) is 0. The van der Waals surface area contributed by atoms with E-state index in [1.807, 2.05) is 23.1 Å². The minimum absolute atomic E-state index is 0.0301. The normalized spacial score (nSPS) is 24.8. The zero-order valence-electron chi connectivity index (χ0n) is 16.7. The van der Waals surface area contributed by atoms with Crippen molar-refractivity contribution in [1.29, 1.82) is 0 Å². The van der Waals surface area contributed by atoms with Gasteiger partial charge in [0, 0.05) is 38.6 Å². The van der Waals surface area contributed by atoms with Crippen molar-refractivity contribution in [3.05, 3.63) is 35.9 Å². The van der Waals surface area contributed by atoms with Gasteiger partial charge in [0.15, 0.2) is 0 Å². The van der Waals surface area contributed by atoms with Crippen molar-refractivity contribution in [3.8, 4) is 0 Å². The molecule has 5 nitrogen and oxygen atoms in total. The molecule has 1 aromatic rings. The highest BCUT2D eigenvalue weighted by Crippen LogP contribution is 2.20. The van der Waals surface area contributed by atoms with Crippen molar-refractivity contribution in [1.82, 2.24) is 15.1 Å². The molecule has 2 amide bonds. The average Bonchev–Trinajstić information content (AvgIpc) is 3.06. The molecule has 0 radical (unpaired) electrons. The van der Waals surface area contributed by atoms with E-state index in [0.717, 1.165) is 25.4 Å². The maximum absolute atomic E-state index is 12.6. The summed E-state index contributed by atoms with van der Waals surface area (Å²) in [6.45, 7) is 8.63. The van der Waals surface area contributed by atoms with E-state index in [4.69, 9.17) is 0 Å². The molecule has 0 saturated carbocycles. The molecule has 2 heterocycles. The van der Waals surface area contributed by atoms with Gasteiger partial charge in [0.05, 0.1) is 5.92 Å². The summed E-state index contributed by atoms with van der Waals surface area (Å²) in [5.74, 6) is 0.662. The lowest BCUT2D eigenvalue weighted by molar-refractivity contribution is -0.129. The van der Waals surface area contributed by atoms with E-state index < -0.39 is 0 Å². The molecule has 3 rings (SSSR count). The molecule has 2 aliphatic rings. The highest BCUT2D eigenvalue weighted by Gasteiger charge is 2.34. The van der Waals surface area contributed by atoms with E-state index in [2.05, 4.69) is 36.2 Å².